The van der Waals surface area contributed by atoms with Crippen molar-refractivity contribution >= 4 is 6.01 Å². The van der Waals surface area contributed by atoms with Crippen LogP contribution in [0.1, 0.15) is 40.0 Å². The minimum atomic E-state index is -0.0119. The average Bonchev–Trinajstić information content (AvgIpc) is 2.62. The highest BCUT2D eigenvalue weighted by atomic mass is 16.4. The number of anilines is 1. The zero-order chi connectivity index (χ0) is 11.3. The summed E-state index contributed by atoms with van der Waals surface area (Å²) in [7, 11) is 0. The van der Waals surface area contributed by atoms with Crippen molar-refractivity contribution < 1.29 is 4.42 Å². The molecule has 5 heteroatoms. The minimum absolute atomic E-state index is 0.0119. The Morgan fingerprint density at radius 2 is 2.00 bits per heavy atom. The summed E-state index contributed by atoms with van der Waals surface area (Å²) in [6.45, 7) is 9.87. The molecule has 0 radical (unpaired) electrons. The van der Waals surface area contributed by atoms with E-state index in [0.717, 1.165) is 13.0 Å². The third kappa shape index (κ3) is 3.87. The van der Waals surface area contributed by atoms with Crippen molar-refractivity contribution in [2.75, 3.05) is 11.9 Å². The molecule has 15 heavy (non-hydrogen) atoms. The van der Waals surface area contributed by atoms with Gasteiger partial charge in [0.25, 0.3) is 0 Å². The molecule has 1 heterocycles. The summed E-state index contributed by atoms with van der Waals surface area (Å²) < 4.78 is 5.43. The number of hydrogen-bond donors (Lipinski definition) is 2. The lowest BCUT2D eigenvalue weighted by molar-refractivity contribution is 0.456. The van der Waals surface area contributed by atoms with Gasteiger partial charge in [-0.05, 0) is 26.8 Å². The number of hydrogen-bond acceptors (Lipinski definition) is 5. The van der Waals surface area contributed by atoms with Gasteiger partial charge in [-0.3, -0.25) is 0 Å². The zero-order valence-electron chi connectivity index (χ0n) is 9.92. The maximum atomic E-state index is 5.43. The Morgan fingerprint density at radius 1 is 1.27 bits per heavy atom. The summed E-state index contributed by atoms with van der Waals surface area (Å²) in [4.78, 5) is 0. The van der Waals surface area contributed by atoms with Crippen molar-refractivity contribution in [2.24, 2.45) is 0 Å². The molecule has 0 fully saturated rings. The van der Waals surface area contributed by atoms with Gasteiger partial charge in [-0.1, -0.05) is 18.9 Å². The molecule has 0 aliphatic rings. The van der Waals surface area contributed by atoms with Crippen LogP contribution in [0.4, 0.5) is 6.01 Å². The molecule has 1 aromatic heterocycles. The van der Waals surface area contributed by atoms with E-state index in [-0.39, 0.29) is 5.54 Å². The van der Waals surface area contributed by atoms with Crippen molar-refractivity contribution in [2.45, 2.75) is 46.2 Å². The van der Waals surface area contributed by atoms with Crippen LogP contribution in [-0.4, -0.2) is 22.3 Å². The first-order chi connectivity index (χ1) is 7.07. The molecule has 5 nitrogen and oxygen atoms in total. The molecule has 0 unspecified atom stereocenters. The molecule has 0 aromatic carbocycles. The maximum Gasteiger partial charge on any atom is 0.315 e. The van der Waals surface area contributed by atoms with Crippen molar-refractivity contribution in [3.8, 4) is 0 Å². The SMILES string of the molecule is CCNCc1nnc(NC(C)(C)CC)o1. The molecule has 2 N–H and O–H groups in total. The Labute approximate surface area is 90.7 Å². The first-order valence-corrected chi connectivity index (χ1v) is 5.38. The van der Waals surface area contributed by atoms with Gasteiger partial charge in [0.05, 0.1) is 6.54 Å². The van der Waals surface area contributed by atoms with Gasteiger partial charge in [-0.15, -0.1) is 5.10 Å². The van der Waals surface area contributed by atoms with Crippen LogP contribution in [0.25, 0.3) is 0 Å². The number of nitrogens with one attached hydrogen (secondary N) is 2. The Hall–Kier alpha value is -1.10. The molecule has 86 valence electrons. The lowest BCUT2D eigenvalue weighted by Gasteiger charge is -2.22. The predicted octanol–water partition coefficient (Wildman–Crippen LogP) is 1.78. The third-order valence-corrected chi connectivity index (χ3v) is 2.32. The van der Waals surface area contributed by atoms with Crippen LogP contribution >= 0.6 is 0 Å². The summed E-state index contributed by atoms with van der Waals surface area (Å²) in [5.41, 5.74) is -0.0119. The Morgan fingerprint density at radius 3 is 2.60 bits per heavy atom. The average molecular weight is 212 g/mol. The zero-order valence-corrected chi connectivity index (χ0v) is 9.92. The highest BCUT2D eigenvalue weighted by molar-refractivity contribution is 5.22. The van der Waals surface area contributed by atoms with Gasteiger partial charge < -0.3 is 15.1 Å². The van der Waals surface area contributed by atoms with E-state index in [0.29, 0.717) is 18.5 Å². The summed E-state index contributed by atoms with van der Waals surface area (Å²) in [5.74, 6) is 0.617. The van der Waals surface area contributed by atoms with Gasteiger partial charge in [0.1, 0.15) is 0 Å². The van der Waals surface area contributed by atoms with Crippen molar-refractivity contribution in [3.05, 3.63) is 5.89 Å². The van der Waals surface area contributed by atoms with E-state index in [9.17, 15) is 0 Å². The van der Waals surface area contributed by atoms with E-state index in [1.54, 1.807) is 0 Å². The number of nitrogens with zero attached hydrogens (tertiary/aromatic N) is 2. The second-order valence-electron chi connectivity index (χ2n) is 4.14. The van der Waals surface area contributed by atoms with E-state index in [4.69, 9.17) is 4.42 Å². The van der Waals surface area contributed by atoms with E-state index in [1.807, 2.05) is 6.92 Å². The van der Waals surface area contributed by atoms with E-state index < -0.39 is 0 Å². The van der Waals surface area contributed by atoms with Gasteiger partial charge >= 0.3 is 6.01 Å². The molecule has 1 aromatic rings. The third-order valence-electron chi connectivity index (χ3n) is 2.32. The smallest absolute Gasteiger partial charge is 0.315 e. The standard InChI is InChI=1S/C10H20N4O/c1-5-10(3,4)12-9-14-13-8(15-9)7-11-6-2/h11H,5-7H2,1-4H3,(H,12,14). The summed E-state index contributed by atoms with van der Waals surface area (Å²) in [6.07, 6.45) is 0.998. The fourth-order valence-corrected chi connectivity index (χ4v) is 0.985. The largest absolute Gasteiger partial charge is 0.407 e. The molecule has 0 saturated heterocycles. The first-order valence-electron chi connectivity index (χ1n) is 5.38. The van der Waals surface area contributed by atoms with Crippen LogP contribution in [0.2, 0.25) is 0 Å². The van der Waals surface area contributed by atoms with Crippen molar-refractivity contribution in [1.82, 2.24) is 15.5 Å². The molecule has 0 bridgehead atoms. The van der Waals surface area contributed by atoms with E-state index in [1.165, 1.54) is 0 Å². The van der Waals surface area contributed by atoms with Crippen LogP contribution in [0.15, 0.2) is 4.42 Å². The minimum Gasteiger partial charge on any atom is -0.407 e. The molecular formula is C10H20N4O. The highest BCUT2D eigenvalue weighted by Crippen LogP contribution is 2.16. The lowest BCUT2D eigenvalue weighted by Crippen LogP contribution is -2.29. The molecule has 0 spiro atoms. The molecular weight excluding hydrogens is 192 g/mol. The van der Waals surface area contributed by atoms with Crippen LogP contribution in [0, 0.1) is 0 Å². The summed E-state index contributed by atoms with van der Waals surface area (Å²) >= 11 is 0. The van der Waals surface area contributed by atoms with Gasteiger partial charge in [-0.25, -0.2) is 0 Å². The molecule has 0 saturated carbocycles. The maximum absolute atomic E-state index is 5.43. The van der Waals surface area contributed by atoms with E-state index in [2.05, 4.69) is 41.6 Å². The van der Waals surface area contributed by atoms with E-state index >= 15 is 0 Å². The van der Waals surface area contributed by atoms with Crippen LogP contribution in [0.3, 0.4) is 0 Å². The Kier molecular flexibility index (Phi) is 4.08. The summed E-state index contributed by atoms with van der Waals surface area (Å²) in [5, 5.41) is 14.2. The molecule has 0 amide bonds. The monoisotopic (exact) mass is 212 g/mol. The first kappa shape index (κ1) is 12.0. The Bertz CT molecular complexity index is 295. The molecule has 0 aliphatic carbocycles. The van der Waals surface area contributed by atoms with Crippen LogP contribution in [0.5, 0.6) is 0 Å². The van der Waals surface area contributed by atoms with Crippen LogP contribution in [-0.2, 0) is 6.54 Å². The normalized spacial score (nSPS) is 11.7. The van der Waals surface area contributed by atoms with Gasteiger partial charge in [0, 0.05) is 5.54 Å². The van der Waals surface area contributed by atoms with Gasteiger partial charge in [0.2, 0.25) is 5.89 Å². The highest BCUT2D eigenvalue weighted by Gasteiger charge is 2.17. The van der Waals surface area contributed by atoms with Crippen LogP contribution < -0.4 is 10.6 Å². The van der Waals surface area contributed by atoms with Crippen molar-refractivity contribution in [1.29, 1.82) is 0 Å². The topological polar surface area (TPSA) is 63.0 Å². The number of rotatable bonds is 6. The second kappa shape index (κ2) is 5.11. The number of aromatic nitrogens is 2. The Balaban J connectivity index is 2.52. The van der Waals surface area contributed by atoms with Gasteiger partial charge in [0.15, 0.2) is 0 Å². The summed E-state index contributed by atoms with van der Waals surface area (Å²) in [6, 6.07) is 0.495. The lowest BCUT2D eigenvalue weighted by atomic mass is 10.0. The van der Waals surface area contributed by atoms with Gasteiger partial charge in [-0.2, -0.15) is 0 Å². The fourth-order valence-electron chi connectivity index (χ4n) is 0.985. The quantitative estimate of drug-likeness (QED) is 0.752. The fraction of sp³-hybridized carbons (Fsp3) is 0.800. The van der Waals surface area contributed by atoms with Crippen molar-refractivity contribution in [3.63, 3.8) is 0 Å². The second-order valence-corrected chi connectivity index (χ2v) is 4.14. The predicted molar refractivity (Wildman–Crippen MR) is 59.7 cm³/mol. The molecule has 1 rings (SSSR count). The molecule has 0 aliphatic heterocycles. The molecule has 0 atom stereocenters.